The maximum Gasteiger partial charge on any atom is 0.270 e. The van der Waals surface area contributed by atoms with Gasteiger partial charge in [0.25, 0.3) is 11.8 Å². The number of carbonyl (C=O) groups excluding carboxylic acids is 4. The maximum absolute atomic E-state index is 13.0. The number of amides is 4. The van der Waals surface area contributed by atoms with E-state index in [2.05, 4.69) is 25.9 Å². The molecule has 4 heterocycles. The Bertz CT molecular complexity index is 1270. The number of fused-ring (bicyclic) bond motifs is 1. The molecule has 2 aliphatic rings. The van der Waals surface area contributed by atoms with Crippen molar-refractivity contribution in [1.82, 2.24) is 35.5 Å². The topological polar surface area (TPSA) is 139 Å². The monoisotopic (exact) mass is 445 g/mol. The number of hydrogen-bond donors (Lipinski definition) is 2. The Labute approximate surface area is 187 Å². The first-order valence-electron chi connectivity index (χ1n) is 10.4. The molecule has 0 spiro atoms. The Morgan fingerprint density at radius 1 is 1.15 bits per heavy atom. The van der Waals surface area contributed by atoms with Crippen molar-refractivity contribution in [1.29, 1.82) is 0 Å². The summed E-state index contributed by atoms with van der Waals surface area (Å²) in [5, 5.41) is 13.3. The molecular weight excluding hydrogens is 426 g/mol. The lowest BCUT2D eigenvalue weighted by Crippen LogP contribution is -2.52. The van der Waals surface area contributed by atoms with Gasteiger partial charge in [0.1, 0.15) is 17.4 Å². The third kappa shape index (κ3) is 3.84. The number of rotatable bonds is 5. The normalized spacial score (nSPS) is 17.6. The second-order valence-corrected chi connectivity index (χ2v) is 7.76. The van der Waals surface area contributed by atoms with Gasteiger partial charge in [-0.15, -0.1) is 5.10 Å². The molecule has 0 bridgehead atoms. The van der Waals surface area contributed by atoms with E-state index in [9.17, 15) is 19.2 Å². The summed E-state index contributed by atoms with van der Waals surface area (Å²) < 4.78 is 1.54. The van der Waals surface area contributed by atoms with Crippen molar-refractivity contribution >= 4 is 23.6 Å². The van der Waals surface area contributed by atoms with Crippen LogP contribution < -0.4 is 10.6 Å². The van der Waals surface area contributed by atoms with E-state index in [0.717, 1.165) is 5.56 Å². The average molecular weight is 445 g/mol. The molecule has 11 nitrogen and oxygen atoms in total. The van der Waals surface area contributed by atoms with Crippen LogP contribution in [-0.4, -0.2) is 54.5 Å². The summed E-state index contributed by atoms with van der Waals surface area (Å²) >= 11 is 0. The van der Waals surface area contributed by atoms with Gasteiger partial charge in [-0.05, 0) is 30.7 Å². The first kappa shape index (κ1) is 20.5. The zero-order valence-corrected chi connectivity index (χ0v) is 17.4. The number of pyridine rings is 1. The van der Waals surface area contributed by atoms with Crippen molar-refractivity contribution in [2.24, 2.45) is 0 Å². The van der Waals surface area contributed by atoms with Crippen molar-refractivity contribution in [3.63, 3.8) is 0 Å². The predicted molar refractivity (Wildman–Crippen MR) is 113 cm³/mol. The van der Waals surface area contributed by atoms with E-state index in [-0.39, 0.29) is 37.2 Å². The maximum atomic E-state index is 13.0. The van der Waals surface area contributed by atoms with Crippen LogP contribution >= 0.6 is 0 Å². The summed E-state index contributed by atoms with van der Waals surface area (Å²) in [6.45, 7) is 0.383. The van der Waals surface area contributed by atoms with Crippen molar-refractivity contribution < 1.29 is 19.2 Å². The lowest BCUT2D eigenvalue weighted by Gasteiger charge is -2.29. The van der Waals surface area contributed by atoms with Crippen molar-refractivity contribution in [2.75, 3.05) is 0 Å². The lowest BCUT2D eigenvalue weighted by molar-refractivity contribution is -0.136. The van der Waals surface area contributed by atoms with Gasteiger partial charge < -0.3 is 10.2 Å². The molecule has 2 N–H and O–H groups in total. The second-order valence-electron chi connectivity index (χ2n) is 7.76. The van der Waals surface area contributed by atoms with Gasteiger partial charge in [0.2, 0.25) is 11.8 Å². The molecule has 4 amide bonds. The Kier molecular flexibility index (Phi) is 5.13. The number of benzene rings is 1. The van der Waals surface area contributed by atoms with E-state index >= 15 is 0 Å². The molecule has 1 aromatic carbocycles. The lowest BCUT2D eigenvalue weighted by atomic mass is 10.0. The summed E-state index contributed by atoms with van der Waals surface area (Å²) in [5.74, 6) is -1.37. The molecule has 1 atom stereocenters. The molecule has 0 radical (unpaired) electrons. The SMILES string of the molecule is O=C1CCC(N2Cc3c(cccc3-n3cc(CNC(=O)c4ccccn4)nn3)C2=O)C(=O)N1. The van der Waals surface area contributed by atoms with Gasteiger partial charge in [0.15, 0.2) is 0 Å². The van der Waals surface area contributed by atoms with Crippen molar-refractivity contribution in [3.05, 3.63) is 71.3 Å². The van der Waals surface area contributed by atoms with Crippen LogP contribution in [0.2, 0.25) is 0 Å². The predicted octanol–water partition coefficient (Wildman–Crippen LogP) is 0.353. The van der Waals surface area contributed by atoms with Gasteiger partial charge >= 0.3 is 0 Å². The van der Waals surface area contributed by atoms with Crippen LogP contribution in [-0.2, 0) is 22.7 Å². The number of nitrogens with zero attached hydrogens (tertiary/aromatic N) is 5. The van der Waals surface area contributed by atoms with Crippen molar-refractivity contribution in [2.45, 2.75) is 32.0 Å². The van der Waals surface area contributed by atoms with E-state index in [4.69, 9.17) is 0 Å². The molecule has 1 fully saturated rings. The number of piperidine rings is 1. The Balaban J connectivity index is 1.33. The van der Waals surface area contributed by atoms with Crippen LogP contribution in [0.3, 0.4) is 0 Å². The van der Waals surface area contributed by atoms with E-state index in [0.29, 0.717) is 29.1 Å². The Hall–Kier alpha value is -4.41. The highest BCUT2D eigenvalue weighted by molar-refractivity contribution is 6.05. The van der Waals surface area contributed by atoms with Crippen LogP contribution in [0.4, 0.5) is 0 Å². The highest BCUT2D eigenvalue weighted by Gasteiger charge is 2.40. The standard InChI is InChI=1S/C22H19N7O4/c30-19-8-7-18(21(32)25-19)28-12-15-14(22(28)33)4-3-6-17(15)29-11-13(26-27-29)10-24-20(31)16-5-1-2-9-23-16/h1-6,9,11,18H,7-8,10,12H2,(H,24,31)(H,25,30,32). The van der Waals surface area contributed by atoms with Gasteiger partial charge in [-0.3, -0.25) is 29.5 Å². The molecule has 1 unspecified atom stereocenters. The van der Waals surface area contributed by atoms with Gasteiger partial charge in [-0.2, -0.15) is 0 Å². The third-order valence-electron chi connectivity index (χ3n) is 5.67. The third-order valence-corrected chi connectivity index (χ3v) is 5.67. The molecule has 3 aromatic rings. The molecular formula is C22H19N7O4. The fourth-order valence-electron chi connectivity index (χ4n) is 4.04. The molecule has 11 heteroatoms. The zero-order valence-electron chi connectivity index (χ0n) is 17.4. The first-order valence-corrected chi connectivity index (χ1v) is 10.4. The molecule has 33 heavy (non-hydrogen) atoms. The van der Waals surface area contributed by atoms with Crippen LogP contribution in [0.15, 0.2) is 48.8 Å². The van der Waals surface area contributed by atoms with Crippen LogP contribution in [0.25, 0.3) is 5.69 Å². The largest absolute Gasteiger partial charge is 0.345 e. The van der Waals surface area contributed by atoms with Gasteiger partial charge in [-0.1, -0.05) is 17.3 Å². The number of nitrogens with one attached hydrogen (secondary N) is 2. The fraction of sp³-hybridized carbons (Fsp3) is 0.227. The molecule has 5 rings (SSSR count). The van der Waals surface area contributed by atoms with Gasteiger partial charge in [0.05, 0.1) is 18.4 Å². The van der Waals surface area contributed by atoms with Gasteiger partial charge in [-0.25, -0.2) is 4.68 Å². The van der Waals surface area contributed by atoms with Crippen LogP contribution in [0.1, 0.15) is 44.9 Å². The number of aromatic nitrogens is 4. The molecule has 166 valence electrons. The summed E-state index contributed by atoms with van der Waals surface area (Å²) in [6.07, 6.45) is 3.71. The van der Waals surface area contributed by atoms with E-state index in [1.54, 1.807) is 47.4 Å². The Morgan fingerprint density at radius 2 is 2.03 bits per heavy atom. The molecule has 1 saturated heterocycles. The minimum Gasteiger partial charge on any atom is -0.345 e. The molecule has 0 aliphatic carbocycles. The van der Waals surface area contributed by atoms with E-state index < -0.39 is 11.9 Å². The summed E-state index contributed by atoms with van der Waals surface area (Å²) in [7, 11) is 0. The second kappa shape index (κ2) is 8.26. The first-order chi connectivity index (χ1) is 16.0. The number of imide groups is 1. The smallest absolute Gasteiger partial charge is 0.270 e. The summed E-state index contributed by atoms with van der Waals surface area (Å²) in [6, 6.07) is 9.64. The number of carbonyl (C=O) groups is 4. The summed E-state index contributed by atoms with van der Waals surface area (Å²) in [4.78, 5) is 54.4. The van der Waals surface area contributed by atoms with Crippen molar-refractivity contribution in [3.8, 4) is 5.69 Å². The molecule has 2 aromatic heterocycles. The minimum atomic E-state index is -0.691. The van der Waals surface area contributed by atoms with E-state index in [1.165, 1.54) is 4.90 Å². The zero-order chi connectivity index (χ0) is 22.9. The average Bonchev–Trinajstić information content (AvgIpc) is 3.43. The quantitative estimate of drug-likeness (QED) is 0.540. The minimum absolute atomic E-state index is 0.158. The fourth-order valence-corrected chi connectivity index (χ4v) is 4.04. The van der Waals surface area contributed by atoms with Crippen LogP contribution in [0.5, 0.6) is 0 Å². The molecule has 2 aliphatic heterocycles. The summed E-state index contributed by atoms with van der Waals surface area (Å²) in [5.41, 5.74) is 2.70. The highest BCUT2D eigenvalue weighted by Crippen LogP contribution is 2.31. The van der Waals surface area contributed by atoms with Gasteiger partial charge in [0, 0.05) is 30.3 Å². The van der Waals surface area contributed by atoms with E-state index in [1.807, 2.05) is 6.07 Å². The molecule has 0 saturated carbocycles. The van der Waals surface area contributed by atoms with Crippen LogP contribution in [0, 0.1) is 0 Å². The number of hydrogen-bond acceptors (Lipinski definition) is 7. The highest BCUT2D eigenvalue weighted by atomic mass is 16.2. The Morgan fingerprint density at radius 3 is 2.82 bits per heavy atom.